The minimum Gasteiger partial charge on any atom is -0.508 e. The van der Waals surface area contributed by atoms with Crippen molar-refractivity contribution in [2.75, 3.05) is 0 Å². The first-order chi connectivity index (χ1) is 6.72. The Kier molecular flexibility index (Phi) is 4.20. The van der Waals surface area contributed by atoms with E-state index in [-0.39, 0.29) is 0 Å². The first-order valence-electron chi connectivity index (χ1n) is 4.84. The molecular formula is C12H17NO. The van der Waals surface area contributed by atoms with Crippen molar-refractivity contribution >= 4 is 0 Å². The van der Waals surface area contributed by atoms with Gasteiger partial charge in [-0.25, -0.2) is 0 Å². The summed E-state index contributed by atoms with van der Waals surface area (Å²) in [6.07, 6.45) is 2.86. The van der Waals surface area contributed by atoms with Crippen LogP contribution >= 0.6 is 0 Å². The maximum atomic E-state index is 9.24. The Balaban J connectivity index is 2.41. The minimum absolute atomic E-state index is 0.320. The molecule has 0 aliphatic carbocycles. The molecule has 0 radical (unpaired) electrons. The van der Waals surface area contributed by atoms with E-state index in [1.165, 1.54) is 0 Å². The second kappa shape index (κ2) is 5.45. The molecule has 2 N–H and O–H groups in total. The molecule has 0 fully saturated rings. The monoisotopic (exact) mass is 191 g/mol. The van der Waals surface area contributed by atoms with E-state index in [1.54, 1.807) is 12.1 Å². The van der Waals surface area contributed by atoms with Crippen molar-refractivity contribution in [2.24, 2.45) is 0 Å². The smallest absolute Gasteiger partial charge is 0.115 e. The predicted molar refractivity (Wildman–Crippen MR) is 59.2 cm³/mol. The number of hydrogen-bond acceptors (Lipinski definition) is 2. The van der Waals surface area contributed by atoms with Gasteiger partial charge < -0.3 is 10.4 Å². The summed E-state index contributed by atoms with van der Waals surface area (Å²) >= 11 is 0. The Hall–Kier alpha value is -1.28. The first kappa shape index (κ1) is 10.8. The zero-order valence-corrected chi connectivity index (χ0v) is 8.53. The highest BCUT2D eigenvalue weighted by Gasteiger charge is 1.99. The highest BCUT2D eigenvalue weighted by molar-refractivity contribution is 5.26. The van der Waals surface area contributed by atoms with Gasteiger partial charge in [0.25, 0.3) is 0 Å². The standard InChI is InChI=1S/C12H17NO/c1-3-5-10(2)13-9-11-6-4-7-12(14)8-11/h3-4,6-8,10,13-14H,1,5,9H2,2H3. The Morgan fingerprint density at radius 2 is 2.36 bits per heavy atom. The van der Waals surface area contributed by atoms with Gasteiger partial charge >= 0.3 is 0 Å². The lowest BCUT2D eigenvalue weighted by atomic mass is 10.2. The molecule has 0 aliphatic heterocycles. The zero-order chi connectivity index (χ0) is 10.4. The fraction of sp³-hybridized carbons (Fsp3) is 0.333. The van der Waals surface area contributed by atoms with E-state index < -0.39 is 0 Å². The summed E-state index contributed by atoms with van der Waals surface area (Å²) in [6, 6.07) is 7.72. The zero-order valence-electron chi connectivity index (χ0n) is 8.53. The summed E-state index contributed by atoms with van der Waals surface area (Å²) < 4.78 is 0. The van der Waals surface area contributed by atoms with Crippen molar-refractivity contribution < 1.29 is 5.11 Å². The summed E-state index contributed by atoms with van der Waals surface area (Å²) in [5.74, 6) is 0.320. The van der Waals surface area contributed by atoms with E-state index in [1.807, 2.05) is 18.2 Å². The van der Waals surface area contributed by atoms with E-state index in [2.05, 4.69) is 18.8 Å². The third kappa shape index (κ3) is 3.62. The topological polar surface area (TPSA) is 32.3 Å². The largest absolute Gasteiger partial charge is 0.508 e. The molecule has 0 aliphatic rings. The van der Waals surface area contributed by atoms with Gasteiger partial charge in [-0.2, -0.15) is 0 Å². The third-order valence-electron chi connectivity index (χ3n) is 2.09. The van der Waals surface area contributed by atoms with E-state index >= 15 is 0 Å². The van der Waals surface area contributed by atoms with E-state index in [9.17, 15) is 5.11 Å². The normalized spacial score (nSPS) is 12.4. The van der Waals surface area contributed by atoms with Crippen LogP contribution in [0.4, 0.5) is 0 Å². The average molecular weight is 191 g/mol. The second-order valence-corrected chi connectivity index (χ2v) is 3.48. The maximum Gasteiger partial charge on any atom is 0.115 e. The van der Waals surface area contributed by atoms with Gasteiger partial charge in [0.05, 0.1) is 0 Å². The van der Waals surface area contributed by atoms with Gasteiger partial charge in [-0.3, -0.25) is 0 Å². The molecule has 0 aromatic heterocycles. The average Bonchev–Trinajstić information content (AvgIpc) is 2.15. The highest BCUT2D eigenvalue weighted by atomic mass is 16.3. The molecule has 1 aromatic carbocycles. The van der Waals surface area contributed by atoms with Crippen molar-refractivity contribution in [3.05, 3.63) is 42.5 Å². The SMILES string of the molecule is C=CCC(C)NCc1cccc(O)c1. The van der Waals surface area contributed by atoms with E-state index in [0.29, 0.717) is 11.8 Å². The number of hydrogen-bond donors (Lipinski definition) is 2. The van der Waals surface area contributed by atoms with Gasteiger partial charge in [-0.15, -0.1) is 6.58 Å². The molecule has 0 spiro atoms. The van der Waals surface area contributed by atoms with Crippen molar-refractivity contribution in [2.45, 2.75) is 25.9 Å². The molecule has 2 heteroatoms. The maximum absolute atomic E-state index is 9.24. The van der Waals surface area contributed by atoms with Gasteiger partial charge in [-0.05, 0) is 31.0 Å². The molecule has 0 saturated heterocycles. The first-order valence-corrected chi connectivity index (χ1v) is 4.84. The molecule has 0 saturated carbocycles. The van der Waals surface area contributed by atoms with Crippen molar-refractivity contribution in [3.8, 4) is 5.75 Å². The molecule has 1 unspecified atom stereocenters. The molecule has 2 nitrogen and oxygen atoms in total. The van der Waals surface area contributed by atoms with Crippen LogP contribution in [0.3, 0.4) is 0 Å². The van der Waals surface area contributed by atoms with Gasteiger partial charge in [0.1, 0.15) is 5.75 Å². The van der Waals surface area contributed by atoms with Crippen LogP contribution in [0.15, 0.2) is 36.9 Å². The second-order valence-electron chi connectivity index (χ2n) is 3.48. The number of rotatable bonds is 5. The summed E-state index contributed by atoms with van der Waals surface area (Å²) in [6.45, 7) is 6.59. The van der Waals surface area contributed by atoms with Crippen LogP contribution in [-0.2, 0) is 6.54 Å². The van der Waals surface area contributed by atoms with Crippen LogP contribution in [0.2, 0.25) is 0 Å². The van der Waals surface area contributed by atoms with Crippen LogP contribution in [0.25, 0.3) is 0 Å². The quantitative estimate of drug-likeness (QED) is 0.701. The Bertz CT molecular complexity index is 296. The number of nitrogens with one attached hydrogen (secondary N) is 1. The summed E-state index contributed by atoms with van der Waals surface area (Å²) in [7, 11) is 0. The molecule has 1 atom stereocenters. The minimum atomic E-state index is 0.320. The van der Waals surface area contributed by atoms with Crippen molar-refractivity contribution in [1.82, 2.24) is 5.32 Å². The molecule has 0 bridgehead atoms. The summed E-state index contributed by atoms with van der Waals surface area (Å²) in [5, 5.41) is 12.6. The van der Waals surface area contributed by atoms with Gasteiger partial charge in [0.15, 0.2) is 0 Å². The lowest BCUT2D eigenvalue weighted by Gasteiger charge is -2.11. The van der Waals surface area contributed by atoms with Crippen LogP contribution in [-0.4, -0.2) is 11.1 Å². The molecule has 76 valence electrons. The number of phenols is 1. The van der Waals surface area contributed by atoms with E-state index in [4.69, 9.17) is 0 Å². The molecular weight excluding hydrogens is 174 g/mol. The van der Waals surface area contributed by atoms with Crippen LogP contribution in [0.1, 0.15) is 18.9 Å². The molecule has 14 heavy (non-hydrogen) atoms. The fourth-order valence-electron chi connectivity index (χ4n) is 1.29. The van der Waals surface area contributed by atoms with Crippen LogP contribution < -0.4 is 5.32 Å². The van der Waals surface area contributed by atoms with E-state index in [0.717, 1.165) is 18.5 Å². The molecule has 1 rings (SSSR count). The van der Waals surface area contributed by atoms with Gasteiger partial charge in [0.2, 0.25) is 0 Å². The lowest BCUT2D eigenvalue weighted by Crippen LogP contribution is -2.24. The predicted octanol–water partition coefficient (Wildman–Crippen LogP) is 2.45. The van der Waals surface area contributed by atoms with Crippen LogP contribution in [0.5, 0.6) is 5.75 Å². The van der Waals surface area contributed by atoms with Gasteiger partial charge in [0, 0.05) is 12.6 Å². The third-order valence-corrected chi connectivity index (χ3v) is 2.09. The lowest BCUT2D eigenvalue weighted by molar-refractivity contribution is 0.473. The fourth-order valence-corrected chi connectivity index (χ4v) is 1.29. The number of benzene rings is 1. The van der Waals surface area contributed by atoms with Crippen molar-refractivity contribution in [1.29, 1.82) is 0 Å². The molecule has 0 amide bonds. The number of phenolic OH excluding ortho intramolecular Hbond substituents is 1. The Morgan fingerprint density at radius 1 is 1.57 bits per heavy atom. The molecule has 0 heterocycles. The summed E-state index contributed by atoms with van der Waals surface area (Å²) in [4.78, 5) is 0. The van der Waals surface area contributed by atoms with Crippen LogP contribution in [0, 0.1) is 0 Å². The Labute approximate surface area is 85.3 Å². The number of aromatic hydroxyl groups is 1. The summed E-state index contributed by atoms with van der Waals surface area (Å²) in [5.41, 5.74) is 1.10. The molecule has 1 aromatic rings. The van der Waals surface area contributed by atoms with Crippen molar-refractivity contribution in [3.63, 3.8) is 0 Å². The Morgan fingerprint density at radius 3 is 3.00 bits per heavy atom. The highest BCUT2D eigenvalue weighted by Crippen LogP contribution is 2.10. The van der Waals surface area contributed by atoms with Gasteiger partial charge in [-0.1, -0.05) is 18.2 Å².